The number of aliphatic carboxylic acids is 1. The molecule has 1 saturated heterocycles. The van der Waals surface area contributed by atoms with E-state index in [9.17, 15) is 18.3 Å². The third kappa shape index (κ3) is 2.98. The summed E-state index contributed by atoms with van der Waals surface area (Å²) in [5, 5.41) is 9.27. The smallest absolute Gasteiger partial charge is 0.322 e. The quantitative estimate of drug-likeness (QED) is 0.829. The third-order valence-corrected chi connectivity index (χ3v) is 5.31. The summed E-state index contributed by atoms with van der Waals surface area (Å²) in [4.78, 5) is 11.3. The van der Waals surface area contributed by atoms with Gasteiger partial charge in [-0.05, 0) is 24.7 Å². The fourth-order valence-electron chi connectivity index (χ4n) is 2.48. The fraction of sp³-hybridized carbons (Fsp3) is 0.909. The Morgan fingerprint density at radius 3 is 2.53 bits per heavy atom. The Labute approximate surface area is 103 Å². The average molecular weight is 263 g/mol. The maximum absolute atomic E-state index is 12.1. The maximum Gasteiger partial charge on any atom is 0.322 e. The Hall–Kier alpha value is -0.620. The van der Waals surface area contributed by atoms with E-state index >= 15 is 0 Å². The van der Waals surface area contributed by atoms with Gasteiger partial charge >= 0.3 is 5.97 Å². The summed E-state index contributed by atoms with van der Waals surface area (Å²) in [6.07, 6.45) is 1.97. The molecule has 0 amide bonds. The molecule has 6 heteroatoms. The molecule has 1 rings (SSSR count). The van der Waals surface area contributed by atoms with Crippen LogP contribution < -0.4 is 0 Å². The van der Waals surface area contributed by atoms with Gasteiger partial charge in [-0.15, -0.1) is 0 Å². The molecular formula is C11H21NO4S. The van der Waals surface area contributed by atoms with Gasteiger partial charge in [0.25, 0.3) is 0 Å². The molecule has 0 spiro atoms. The Bertz CT molecular complexity index is 388. The SMILES string of the molecule is CCCS(=O)(=O)N1CCCC(C)(C)C1C(=O)O. The molecule has 0 radical (unpaired) electrons. The van der Waals surface area contributed by atoms with Gasteiger partial charge in [-0.25, -0.2) is 8.42 Å². The molecule has 1 N–H and O–H groups in total. The normalized spacial score (nSPS) is 25.7. The van der Waals surface area contributed by atoms with Gasteiger partial charge in [-0.3, -0.25) is 4.79 Å². The van der Waals surface area contributed by atoms with E-state index in [0.717, 1.165) is 12.8 Å². The number of hydrogen-bond acceptors (Lipinski definition) is 3. The van der Waals surface area contributed by atoms with Crippen molar-refractivity contribution in [2.45, 2.75) is 46.1 Å². The van der Waals surface area contributed by atoms with E-state index in [4.69, 9.17) is 0 Å². The monoisotopic (exact) mass is 263 g/mol. The third-order valence-electron chi connectivity index (χ3n) is 3.28. The zero-order valence-corrected chi connectivity index (χ0v) is 11.5. The summed E-state index contributed by atoms with van der Waals surface area (Å²) in [5.74, 6) is -1.03. The van der Waals surface area contributed by atoms with Crippen LogP contribution >= 0.6 is 0 Å². The number of carbonyl (C=O) groups is 1. The van der Waals surface area contributed by atoms with Crippen LogP contribution in [0.3, 0.4) is 0 Å². The summed E-state index contributed by atoms with van der Waals surface area (Å²) < 4.78 is 25.3. The highest BCUT2D eigenvalue weighted by atomic mass is 32.2. The maximum atomic E-state index is 12.1. The van der Waals surface area contributed by atoms with Crippen LogP contribution in [0.15, 0.2) is 0 Å². The largest absolute Gasteiger partial charge is 0.480 e. The molecule has 17 heavy (non-hydrogen) atoms. The zero-order valence-electron chi connectivity index (χ0n) is 10.6. The molecule has 0 aliphatic carbocycles. The van der Waals surface area contributed by atoms with Gasteiger partial charge in [0.1, 0.15) is 6.04 Å². The van der Waals surface area contributed by atoms with Gasteiger partial charge < -0.3 is 5.11 Å². The van der Waals surface area contributed by atoms with Crippen molar-refractivity contribution in [2.75, 3.05) is 12.3 Å². The molecule has 0 bridgehead atoms. The lowest BCUT2D eigenvalue weighted by Crippen LogP contribution is -2.56. The van der Waals surface area contributed by atoms with Gasteiger partial charge in [0, 0.05) is 6.54 Å². The van der Waals surface area contributed by atoms with E-state index in [1.807, 2.05) is 13.8 Å². The summed E-state index contributed by atoms with van der Waals surface area (Å²) in [6, 6.07) is -0.937. The number of carboxylic acids is 1. The van der Waals surface area contributed by atoms with E-state index < -0.39 is 27.4 Å². The van der Waals surface area contributed by atoms with Crippen LogP contribution in [-0.4, -0.2) is 42.1 Å². The number of rotatable bonds is 4. The van der Waals surface area contributed by atoms with Crippen molar-refractivity contribution in [2.24, 2.45) is 5.41 Å². The van der Waals surface area contributed by atoms with Crippen LogP contribution in [0.2, 0.25) is 0 Å². The lowest BCUT2D eigenvalue weighted by atomic mass is 9.77. The van der Waals surface area contributed by atoms with E-state index in [1.54, 1.807) is 6.92 Å². The summed E-state index contributed by atoms with van der Waals surface area (Å²) in [5.41, 5.74) is -0.509. The minimum absolute atomic E-state index is 0.0207. The first-order valence-corrected chi connectivity index (χ1v) is 7.55. The predicted molar refractivity (Wildman–Crippen MR) is 65.2 cm³/mol. The van der Waals surface area contributed by atoms with E-state index in [-0.39, 0.29) is 5.75 Å². The summed E-state index contributed by atoms with van der Waals surface area (Å²) in [6.45, 7) is 5.74. The molecule has 1 aliphatic rings. The highest BCUT2D eigenvalue weighted by Gasteiger charge is 2.46. The summed E-state index contributed by atoms with van der Waals surface area (Å²) >= 11 is 0. The van der Waals surface area contributed by atoms with Gasteiger partial charge in [-0.2, -0.15) is 4.31 Å². The molecule has 1 atom stereocenters. The number of sulfonamides is 1. The zero-order chi connectivity index (χ0) is 13.3. The van der Waals surface area contributed by atoms with Crippen LogP contribution in [0.4, 0.5) is 0 Å². The van der Waals surface area contributed by atoms with Crippen LogP contribution in [0, 0.1) is 5.41 Å². The van der Waals surface area contributed by atoms with Crippen molar-refractivity contribution >= 4 is 16.0 Å². The van der Waals surface area contributed by atoms with Crippen LogP contribution in [0.25, 0.3) is 0 Å². The first-order valence-electron chi connectivity index (χ1n) is 5.94. The molecular weight excluding hydrogens is 242 g/mol. The van der Waals surface area contributed by atoms with Crippen molar-refractivity contribution in [1.82, 2.24) is 4.31 Å². The molecule has 100 valence electrons. The van der Waals surface area contributed by atoms with Crippen molar-refractivity contribution < 1.29 is 18.3 Å². The highest BCUT2D eigenvalue weighted by molar-refractivity contribution is 7.89. The van der Waals surface area contributed by atoms with Gasteiger partial charge in [-0.1, -0.05) is 20.8 Å². The molecule has 1 unspecified atom stereocenters. The Balaban J connectivity index is 3.09. The number of hydrogen-bond donors (Lipinski definition) is 1. The van der Waals surface area contributed by atoms with Crippen molar-refractivity contribution in [3.8, 4) is 0 Å². The summed E-state index contributed by atoms with van der Waals surface area (Å²) in [7, 11) is -3.45. The van der Waals surface area contributed by atoms with E-state index in [2.05, 4.69) is 0 Å². The Morgan fingerprint density at radius 1 is 1.47 bits per heavy atom. The topological polar surface area (TPSA) is 74.7 Å². The second-order valence-corrected chi connectivity index (χ2v) is 7.30. The predicted octanol–water partition coefficient (Wildman–Crippen LogP) is 1.30. The second kappa shape index (κ2) is 4.94. The van der Waals surface area contributed by atoms with E-state index in [0.29, 0.717) is 13.0 Å². The number of nitrogens with zero attached hydrogens (tertiary/aromatic N) is 1. The Kier molecular flexibility index (Phi) is 4.19. The molecule has 0 saturated carbocycles. The molecule has 1 heterocycles. The molecule has 5 nitrogen and oxygen atoms in total. The minimum Gasteiger partial charge on any atom is -0.480 e. The standard InChI is InChI=1S/C11H21NO4S/c1-4-8-17(15,16)12-7-5-6-11(2,3)9(12)10(13)14/h9H,4-8H2,1-3H3,(H,13,14). The fourth-order valence-corrected chi connectivity index (χ4v) is 4.33. The minimum atomic E-state index is -3.45. The highest BCUT2D eigenvalue weighted by Crippen LogP contribution is 2.36. The molecule has 0 aromatic rings. The van der Waals surface area contributed by atoms with Crippen LogP contribution in [0.5, 0.6) is 0 Å². The van der Waals surface area contributed by atoms with Crippen LogP contribution in [0.1, 0.15) is 40.0 Å². The first kappa shape index (κ1) is 14.4. The molecule has 0 aromatic carbocycles. The molecule has 1 aliphatic heterocycles. The lowest BCUT2D eigenvalue weighted by molar-refractivity contribution is -0.147. The van der Waals surface area contributed by atoms with Gasteiger partial charge in [0.2, 0.25) is 10.0 Å². The van der Waals surface area contributed by atoms with Crippen molar-refractivity contribution in [3.63, 3.8) is 0 Å². The van der Waals surface area contributed by atoms with Crippen molar-refractivity contribution in [1.29, 1.82) is 0 Å². The molecule has 1 fully saturated rings. The lowest BCUT2D eigenvalue weighted by Gasteiger charge is -2.43. The van der Waals surface area contributed by atoms with Gasteiger partial charge in [0.15, 0.2) is 0 Å². The first-order chi connectivity index (χ1) is 7.72. The number of carboxylic acid groups (broad SMARTS) is 1. The Morgan fingerprint density at radius 2 is 2.06 bits per heavy atom. The van der Waals surface area contributed by atoms with Gasteiger partial charge in [0.05, 0.1) is 5.75 Å². The van der Waals surface area contributed by atoms with Crippen LogP contribution in [-0.2, 0) is 14.8 Å². The van der Waals surface area contributed by atoms with Crippen molar-refractivity contribution in [3.05, 3.63) is 0 Å². The molecule has 0 aromatic heterocycles. The average Bonchev–Trinajstić information content (AvgIpc) is 2.14. The van der Waals surface area contributed by atoms with E-state index in [1.165, 1.54) is 4.31 Å². The second-order valence-electron chi connectivity index (χ2n) is 5.26. The number of piperidine rings is 1.